The summed E-state index contributed by atoms with van der Waals surface area (Å²) < 4.78 is 28.6. The second-order valence-corrected chi connectivity index (χ2v) is 8.24. The van der Waals surface area contributed by atoms with Gasteiger partial charge in [-0.25, -0.2) is 8.42 Å². The van der Waals surface area contributed by atoms with Gasteiger partial charge in [-0.15, -0.1) is 11.3 Å². The molecule has 3 aromatic carbocycles. The SMILES string of the molecule is O=S(=O)(Nc1ccc(-c2csc3ccccc23)cc1)c1ccccc1. The molecule has 0 fully saturated rings. The third-order valence-electron chi connectivity index (χ3n) is 3.98. The van der Waals surface area contributed by atoms with Crippen LogP contribution in [0.3, 0.4) is 0 Å². The van der Waals surface area contributed by atoms with E-state index in [1.807, 2.05) is 24.3 Å². The number of sulfonamides is 1. The molecule has 0 aliphatic rings. The molecule has 0 amide bonds. The molecule has 0 saturated carbocycles. The maximum absolute atomic E-state index is 12.4. The molecule has 0 unspecified atom stereocenters. The van der Waals surface area contributed by atoms with Gasteiger partial charge in [0, 0.05) is 21.3 Å². The molecule has 0 aliphatic heterocycles. The van der Waals surface area contributed by atoms with Crippen molar-refractivity contribution < 1.29 is 8.42 Å². The Bertz CT molecular complexity index is 1120. The largest absolute Gasteiger partial charge is 0.280 e. The molecular weight excluding hydrogens is 350 g/mol. The van der Waals surface area contributed by atoms with Gasteiger partial charge in [-0.2, -0.15) is 0 Å². The van der Waals surface area contributed by atoms with Crippen molar-refractivity contribution in [1.29, 1.82) is 0 Å². The van der Waals surface area contributed by atoms with Crippen LogP contribution in [-0.4, -0.2) is 8.42 Å². The second-order valence-electron chi connectivity index (χ2n) is 5.64. The molecule has 1 heterocycles. The van der Waals surface area contributed by atoms with E-state index < -0.39 is 10.0 Å². The third-order valence-corrected chi connectivity index (χ3v) is 6.34. The van der Waals surface area contributed by atoms with Crippen molar-refractivity contribution in [3.63, 3.8) is 0 Å². The summed E-state index contributed by atoms with van der Waals surface area (Å²) in [6, 6.07) is 24.1. The van der Waals surface area contributed by atoms with Gasteiger partial charge in [-0.3, -0.25) is 4.72 Å². The van der Waals surface area contributed by atoms with Crippen molar-refractivity contribution in [2.24, 2.45) is 0 Å². The molecule has 124 valence electrons. The Hall–Kier alpha value is -2.63. The molecule has 4 aromatic rings. The minimum atomic E-state index is -3.56. The van der Waals surface area contributed by atoms with Crippen LogP contribution >= 0.6 is 11.3 Å². The van der Waals surface area contributed by atoms with Crippen LogP contribution in [0.4, 0.5) is 5.69 Å². The molecule has 3 nitrogen and oxygen atoms in total. The summed E-state index contributed by atoms with van der Waals surface area (Å²) in [6.07, 6.45) is 0. The van der Waals surface area contributed by atoms with E-state index in [0.717, 1.165) is 11.1 Å². The smallest absolute Gasteiger partial charge is 0.261 e. The lowest BCUT2D eigenvalue weighted by Gasteiger charge is -2.09. The Morgan fingerprint density at radius 2 is 1.44 bits per heavy atom. The lowest BCUT2D eigenvalue weighted by Crippen LogP contribution is -2.12. The van der Waals surface area contributed by atoms with Crippen LogP contribution in [0.1, 0.15) is 0 Å². The molecule has 0 radical (unpaired) electrons. The fourth-order valence-electron chi connectivity index (χ4n) is 2.73. The highest BCUT2D eigenvalue weighted by Gasteiger charge is 2.13. The van der Waals surface area contributed by atoms with Gasteiger partial charge in [0.2, 0.25) is 0 Å². The minimum absolute atomic E-state index is 0.253. The zero-order chi connectivity index (χ0) is 17.3. The second kappa shape index (κ2) is 6.35. The quantitative estimate of drug-likeness (QED) is 0.528. The summed E-state index contributed by atoms with van der Waals surface area (Å²) in [7, 11) is -3.56. The van der Waals surface area contributed by atoms with Crippen molar-refractivity contribution >= 4 is 37.1 Å². The number of anilines is 1. The first kappa shape index (κ1) is 15.9. The summed E-state index contributed by atoms with van der Waals surface area (Å²) in [5, 5.41) is 3.35. The zero-order valence-electron chi connectivity index (χ0n) is 13.2. The average Bonchev–Trinajstić information content (AvgIpc) is 3.07. The van der Waals surface area contributed by atoms with Gasteiger partial charge in [-0.1, -0.05) is 48.5 Å². The van der Waals surface area contributed by atoms with Crippen molar-refractivity contribution in [3.05, 3.63) is 84.2 Å². The lowest BCUT2D eigenvalue weighted by molar-refractivity contribution is 0.601. The van der Waals surface area contributed by atoms with Gasteiger partial charge in [0.05, 0.1) is 4.90 Å². The number of benzene rings is 3. The molecule has 4 rings (SSSR count). The van der Waals surface area contributed by atoms with Crippen LogP contribution < -0.4 is 4.72 Å². The molecule has 1 aromatic heterocycles. The van der Waals surface area contributed by atoms with E-state index in [1.54, 1.807) is 53.8 Å². The number of thiophene rings is 1. The van der Waals surface area contributed by atoms with Crippen molar-refractivity contribution in [3.8, 4) is 11.1 Å². The van der Waals surface area contributed by atoms with Gasteiger partial charge >= 0.3 is 0 Å². The predicted octanol–water partition coefficient (Wildman–Crippen LogP) is 5.37. The maximum Gasteiger partial charge on any atom is 0.261 e. The first-order chi connectivity index (χ1) is 12.1. The number of fused-ring (bicyclic) bond motifs is 1. The molecule has 0 spiro atoms. The summed E-state index contributed by atoms with van der Waals surface area (Å²) in [4.78, 5) is 0.253. The molecule has 25 heavy (non-hydrogen) atoms. The first-order valence-corrected chi connectivity index (χ1v) is 10.1. The van der Waals surface area contributed by atoms with E-state index >= 15 is 0 Å². The highest BCUT2D eigenvalue weighted by Crippen LogP contribution is 2.34. The van der Waals surface area contributed by atoms with E-state index in [2.05, 4.69) is 22.2 Å². The van der Waals surface area contributed by atoms with Crippen LogP contribution in [0.25, 0.3) is 21.2 Å². The third kappa shape index (κ3) is 3.16. The van der Waals surface area contributed by atoms with Gasteiger partial charge in [0.1, 0.15) is 0 Å². The maximum atomic E-state index is 12.4. The van der Waals surface area contributed by atoms with Crippen LogP contribution in [0.5, 0.6) is 0 Å². The van der Waals surface area contributed by atoms with Crippen LogP contribution in [0.15, 0.2) is 89.1 Å². The molecule has 0 aliphatic carbocycles. The number of nitrogens with one attached hydrogen (secondary N) is 1. The normalized spacial score (nSPS) is 11.5. The van der Waals surface area contributed by atoms with Crippen molar-refractivity contribution in [1.82, 2.24) is 0 Å². The Balaban J connectivity index is 1.63. The van der Waals surface area contributed by atoms with Gasteiger partial charge in [0.25, 0.3) is 10.0 Å². The molecule has 5 heteroatoms. The fourth-order valence-corrected chi connectivity index (χ4v) is 4.78. The van der Waals surface area contributed by atoms with Gasteiger partial charge < -0.3 is 0 Å². The Kier molecular flexibility index (Phi) is 4.03. The Morgan fingerprint density at radius 1 is 0.760 bits per heavy atom. The zero-order valence-corrected chi connectivity index (χ0v) is 14.8. The lowest BCUT2D eigenvalue weighted by atomic mass is 10.0. The number of hydrogen-bond acceptors (Lipinski definition) is 3. The molecule has 0 bridgehead atoms. The van der Waals surface area contributed by atoms with Crippen LogP contribution in [0.2, 0.25) is 0 Å². The summed E-state index contributed by atoms with van der Waals surface area (Å²) in [6.45, 7) is 0. The van der Waals surface area contributed by atoms with E-state index in [9.17, 15) is 8.42 Å². The Labute approximate surface area is 150 Å². The minimum Gasteiger partial charge on any atom is -0.280 e. The van der Waals surface area contributed by atoms with E-state index in [-0.39, 0.29) is 4.90 Å². The van der Waals surface area contributed by atoms with E-state index in [1.165, 1.54) is 10.1 Å². The van der Waals surface area contributed by atoms with Crippen molar-refractivity contribution in [2.45, 2.75) is 4.90 Å². The van der Waals surface area contributed by atoms with Crippen LogP contribution in [-0.2, 0) is 10.0 Å². The summed E-state index contributed by atoms with van der Waals surface area (Å²) in [5.74, 6) is 0. The van der Waals surface area contributed by atoms with Crippen LogP contribution in [0, 0.1) is 0 Å². The van der Waals surface area contributed by atoms with Crippen molar-refractivity contribution in [2.75, 3.05) is 4.72 Å². The van der Waals surface area contributed by atoms with Gasteiger partial charge in [-0.05, 0) is 41.3 Å². The predicted molar refractivity (Wildman–Crippen MR) is 105 cm³/mol. The topological polar surface area (TPSA) is 46.2 Å². The fraction of sp³-hybridized carbons (Fsp3) is 0. The molecular formula is C20H15NO2S2. The average molecular weight is 365 g/mol. The highest BCUT2D eigenvalue weighted by molar-refractivity contribution is 7.92. The number of hydrogen-bond donors (Lipinski definition) is 1. The standard InChI is InChI=1S/C20H15NO2S2/c22-25(23,17-6-2-1-3-7-17)21-16-12-10-15(11-13-16)19-14-24-20-9-5-4-8-18(19)20/h1-14,21H. The molecule has 0 saturated heterocycles. The first-order valence-electron chi connectivity index (χ1n) is 7.78. The van der Waals surface area contributed by atoms with E-state index in [0.29, 0.717) is 5.69 Å². The van der Waals surface area contributed by atoms with Gasteiger partial charge in [0.15, 0.2) is 0 Å². The summed E-state index contributed by atoms with van der Waals surface area (Å²) in [5.41, 5.74) is 2.78. The number of rotatable bonds is 4. The highest BCUT2D eigenvalue weighted by atomic mass is 32.2. The van der Waals surface area contributed by atoms with E-state index in [4.69, 9.17) is 0 Å². The molecule has 0 atom stereocenters. The summed E-state index contributed by atoms with van der Waals surface area (Å²) >= 11 is 1.71. The Morgan fingerprint density at radius 3 is 2.20 bits per heavy atom. The monoisotopic (exact) mass is 365 g/mol. The molecule has 1 N–H and O–H groups in total.